The lowest BCUT2D eigenvalue weighted by atomic mass is 10.1. The van der Waals surface area contributed by atoms with E-state index in [1.54, 1.807) is 0 Å². The van der Waals surface area contributed by atoms with E-state index in [-0.39, 0.29) is 11.1 Å². The molecule has 1 saturated carbocycles. The van der Waals surface area contributed by atoms with Crippen molar-refractivity contribution in [2.45, 2.75) is 57.8 Å². The third-order valence-corrected chi connectivity index (χ3v) is 8.51. The van der Waals surface area contributed by atoms with Crippen LogP contribution >= 0.6 is 0 Å². The van der Waals surface area contributed by atoms with Crippen molar-refractivity contribution in [1.29, 1.82) is 0 Å². The van der Waals surface area contributed by atoms with Gasteiger partial charge in [0.25, 0.3) is 0 Å². The van der Waals surface area contributed by atoms with Crippen LogP contribution in [0.4, 0.5) is 0 Å². The van der Waals surface area contributed by atoms with Crippen molar-refractivity contribution in [3.63, 3.8) is 0 Å². The fourth-order valence-electron chi connectivity index (χ4n) is 1.38. The highest BCUT2D eigenvalue weighted by Crippen LogP contribution is 2.38. The van der Waals surface area contributed by atoms with Crippen molar-refractivity contribution in [3.05, 3.63) is 12.2 Å². The monoisotopic (exact) mass is 241 g/mol. The van der Waals surface area contributed by atoms with Gasteiger partial charge in [-0.15, -0.1) is 0 Å². The summed E-state index contributed by atoms with van der Waals surface area (Å²) < 4.78 is 6.11. The Bertz CT molecular complexity index is 264. The standard InChI is InChI=1S/C13H27NOSi/c1-10(11-7-8-11)12(14)9-15-16(5,6)13(2,3)4/h11-12H,1,7-9,14H2,2-6H3/t12-/m1/s1. The highest BCUT2D eigenvalue weighted by molar-refractivity contribution is 6.74. The first-order valence-corrected chi connectivity index (χ1v) is 9.14. The minimum Gasteiger partial charge on any atom is -0.415 e. The van der Waals surface area contributed by atoms with Gasteiger partial charge in [-0.05, 0) is 36.9 Å². The van der Waals surface area contributed by atoms with Crippen LogP contribution in [0.15, 0.2) is 12.2 Å². The normalized spacial score (nSPS) is 19.6. The van der Waals surface area contributed by atoms with Crippen molar-refractivity contribution in [2.75, 3.05) is 6.61 Å². The van der Waals surface area contributed by atoms with Gasteiger partial charge < -0.3 is 10.2 Å². The summed E-state index contributed by atoms with van der Waals surface area (Å²) in [6.45, 7) is 16.0. The fraction of sp³-hybridized carbons (Fsp3) is 0.846. The Hall–Kier alpha value is -0.123. The molecule has 0 radical (unpaired) electrons. The topological polar surface area (TPSA) is 35.2 Å². The van der Waals surface area contributed by atoms with E-state index in [0.717, 1.165) is 0 Å². The maximum Gasteiger partial charge on any atom is 0.192 e. The lowest BCUT2D eigenvalue weighted by Gasteiger charge is -2.37. The molecule has 0 spiro atoms. The molecule has 0 heterocycles. The number of nitrogens with two attached hydrogens (primary N) is 1. The van der Waals surface area contributed by atoms with Crippen LogP contribution in [-0.2, 0) is 4.43 Å². The van der Waals surface area contributed by atoms with Gasteiger partial charge in [0, 0.05) is 6.04 Å². The van der Waals surface area contributed by atoms with Gasteiger partial charge >= 0.3 is 0 Å². The van der Waals surface area contributed by atoms with Gasteiger partial charge in [0.2, 0.25) is 0 Å². The average Bonchev–Trinajstić information content (AvgIpc) is 2.94. The number of hydrogen-bond acceptors (Lipinski definition) is 2. The van der Waals surface area contributed by atoms with Crippen LogP contribution in [0.5, 0.6) is 0 Å². The zero-order valence-corrected chi connectivity index (χ0v) is 12.5. The highest BCUT2D eigenvalue weighted by Gasteiger charge is 2.38. The summed E-state index contributed by atoms with van der Waals surface area (Å²) in [6, 6.07) is 0.0293. The second-order valence-corrected chi connectivity index (χ2v) is 11.3. The van der Waals surface area contributed by atoms with Crippen LogP contribution < -0.4 is 5.73 Å². The third-order valence-electron chi connectivity index (χ3n) is 4.01. The van der Waals surface area contributed by atoms with Gasteiger partial charge in [0.1, 0.15) is 0 Å². The molecule has 0 amide bonds. The third kappa shape index (κ3) is 3.44. The predicted molar refractivity (Wildman–Crippen MR) is 73.0 cm³/mol. The first-order chi connectivity index (χ1) is 7.15. The molecule has 1 fully saturated rings. The van der Waals surface area contributed by atoms with Crippen molar-refractivity contribution < 1.29 is 4.43 Å². The Morgan fingerprint density at radius 2 is 1.94 bits per heavy atom. The summed E-state index contributed by atoms with van der Waals surface area (Å²) in [5, 5.41) is 0.258. The lowest BCUT2D eigenvalue weighted by Crippen LogP contribution is -2.44. The second-order valence-electron chi connectivity index (χ2n) is 6.53. The maximum atomic E-state index is 6.11. The van der Waals surface area contributed by atoms with E-state index >= 15 is 0 Å². The zero-order valence-electron chi connectivity index (χ0n) is 11.5. The van der Waals surface area contributed by atoms with Gasteiger partial charge in [0.15, 0.2) is 8.32 Å². The molecule has 0 aromatic carbocycles. The Labute approximate surface area is 101 Å². The van der Waals surface area contributed by atoms with Gasteiger partial charge in [-0.2, -0.15) is 0 Å². The Morgan fingerprint density at radius 3 is 2.31 bits per heavy atom. The van der Waals surface area contributed by atoms with Crippen molar-refractivity contribution in [2.24, 2.45) is 11.7 Å². The first kappa shape index (κ1) is 13.9. The molecule has 3 heteroatoms. The van der Waals surface area contributed by atoms with E-state index < -0.39 is 8.32 Å². The summed E-state index contributed by atoms with van der Waals surface area (Å²) in [6.07, 6.45) is 2.54. The van der Waals surface area contributed by atoms with Gasteiger partial charge in [-0.25, -0.2) is 0 Å². The van der Waals surface area contributed by atoms with Crippen LogP contribution in [0.1, 0.15) is 33.6 Å². The summed E-state index contributed by atoms with van der Waals surface area (Å²) in [5.74, 6) is 0.679. The molecule has 94 valence electrons. The fourth-order valence-corrected chi connectivity index (χ4v) is 2.41. The zero-order chi connectivity index (χ0) is 12.6. The molecule has 0 unspecified atom stereocenters. The molecule has 2 N–H and O–H groups in total. The molecule has 0 aromatic rings. The Morgan fingerprint density at radius 1 is 1.44 bits per heavy atom. The minimum absolute atomic E-state index is 0.0293. The Balaban J connectivity index is 2.41. The molecule has 0 saturated heterocycles. The van der Waals surface area contributed by atoms with E-state index in [2.05, 4.69) is 40.4 Å². The van der Waals surface area contributed by atoms with E-state index in [4.69, 9.17) is 10.2 Å². The van der Waals surface area contributed by atoms with Crippen molar-refractivity contribution in [1.82, 2.24) is 0 Å². The van der Waals surface area contributed by atoms with E-state index in [0.29, 0.717) is 12.5 Å². The number of rotatable bonds is 5. The van der Waals surface area contributed by atoms with Crippen LogP contribution in [0.25, 0.3) is 0 Å². The molecule has 2 nitrogen and oxygen atoms in total. The molecular weight excluding hydrogens is 214 g/mol. The minimum atomic E-state index is -1.65. The first-order valence-electron chi connectivity index (χ1n) is 6.23. The Kier molecular flexibility index (Phi) is 4.03. The molecule has 0 aromatic heterocycles. The van der Waals surface area contributed by atoms with Gasteiger partial charge in [0.05, 0.1) is 6.61 Å². The van der Waals surface area contributed by atoms with Crippen molar-refractivity contribution in [3.8, 4) is 0 Å². The van der Waals surface area contributed by atoms with Crippen LogP contribution in [0.2, 0.25) is 18.1 Å². The quantitative estimate of drug-likeness (QED) is 0.592. The molecule has 0 bridgehead atoms. The predicted octanol–water partition coefficient (Wildman–Crippen LogP) is 3.30. The number of hydrogen-bond donors (Lipinski definition) is 1. The SMILES string of the molecule is C=C(C1CC1)[C@H](N)CO[Si](C)(C)C(C)(C)C. The molecule has 1 aliphatic carbocycles. The molecule has 1 aliphatic rings. The van der Waals surface area contributed by atoms with Crippen LogP contribution in [0, 0.1) is 5.92 Å². The maximum absolute atomic E-state index is 6.11. The summed E-state index contributed by atoms with van der Waals surface area (Å²) in [7, 11) is -1.65. The van der Waals surface area contributed by atoms with Crippen LogP contribution in [-0.4, -0.2) is 21.0 Å². The van der Waals surface area contributed by atoms with E-state index in [1.165, 1.54) is 18.4 Å². The van der Waals surface area contributed by atoms with E-state index in [1.807, 2.05) is 0 Å². The molecule has 0 aliphatic heterocycles. The summed E-state index contributed by atoms with van der Waals surface area (Å²) in [4.78, 5) is 0. The summed E-state index contributed by atoms with van der Waals surface area (Å²) >= 11 is 0. The van der Waals surface area contributed by atoms with Crippen molar-refractivity contribution >= 4 is 8.32 Å². The highest BCUT2D eigenvalue weighted by atomic mass is 28.4. The molecule has 16 heavy (non-hydrogen) atoms. The summed E-state index contributed by atoms with van der Waals surface area (Å²) in [5.41, 5.74) is 7.30. The second kappa shape index (κ2) is 4.63. The molecule has 1 rings (SSSR count). The molecular formula is C13H27NOSi. The smallest absolute Gasteiger partial charge is 0.192 e. The lowest BCUT2D eigenvalue weighted by molar-refractivity contribution is 0.272. The average molecular weight is 241 g/mol. The van der Waals surface area contributed by atoms with E-state index in [9.17, 15) is 0 Å². The molecule has 1 atom stereocenters. The largest absolute Gasteiger partial charge is 0.415 e. The van der Waals surface area contributed by atoms with Gasteiger partial charge in [-0.3, -0.25) is 0 Å². The van der Waals surface area contributed by atoms with Gasteiger partial charge in [-0.1, -0.05) is 32.9 Å². The van der Waals surface area contributed by atoms with Crippen LogP contribution in [0.3, 0.4) is 0 Å².